The largest absolute Gasteiger partial charge is 0.338 e. The molecule has 0 unspecified atom stereocenters. The highest BCUT2D eigenvalue weighted by molar-refractivity contribution is 5.97. The molecule has 31 heavy (non-hydrogen) atoms. The number of carbonyl (C=O) groups excluding carboxylic acids is 2. The molecule has 1 aromatic heterocycles. The van der Waals surface area contributed by atoms with E-state index in [9.17, 15) is 14.4 Å². The lowest BCUT2D eigenvalue weighted by Gasteiger charge is -2.15. The fraction of sp³-hybridized carbons (Fsp3) is 0.125. The minimum atomic E-state index is -0.308. The normalized spacial score (nSPS) is 10.7. The van der Waals surface area contributed by atoms with E-state index in [-0.39, 0.29) is 23.9 Å². The van der Waals surface area contributed by atoms with Gasteiger partial charge in [0.25, 0.3) is 0 Å². The number of para-hydroxylation sites is 2. The van der Waals surface area contributed by atoms with Crippen LogP contribution < -0.4 is 21.4 Å². The molecule has 7 heteroatoms. The van der Waals surface area contributed by atoms with E-state index < -0.39 is 0 Å². The van der Waals surface area contributed by atoms with E-state index in [1.165, 1.54) is 0 Å². The number of carbonyl (C=O) groups is 2. The first-order valence-electron chi connectivity index (χ1n) is 10.0. The van der Waals surface area contributed by atoms with Gasteiger partial charge in [0.1, 0.15) is 6.54 Å². The molecule has 0 spiro atoms. The van der Waals surface area contributed by atoms with Gasteiger partial charge < -0.3 is 20.5 Å². The molecule has 156 valence electrons. The Balaban J connectivity index is 1.63. The standard InChI is InChI=1S/C24H22N4O3/c1-2-25-24(31)27-17-9-7-8-16(14-17)26-22(29)15-28-20-12-5-3-10-18(20)23(30)19-11-4-6-13-21(19)28/h3-14H,2,15H2,1H3,(H,26,29)(H2,25,27,31). The number of aromatic nitrogens is 1. The van der Waals surface area contributed by atoms with Crippen LogP contribution in [0, 0.1) is 0 Å². The molecule has 0 bridgehead atoms. The summed E-state index contributed by atoms with van der Waals surface area (Å²) < 4.78 is 1.85. The summed E-state index contributed by atoms with van der Waals surface area (Å²) in [6.45, 7) is 2.39. The maximum absolute atomic E-state index is 12.9. The average Bonchev–Trinajstić information content (AvgIpc) is 2.77. The van der Waals surface area contributed by atoms with Crippen molar-refractivity contribution < 1.29 is 9.59 Å². The average molecular weight is 414 g/mol. The van der Waals surface area contributed by atoms with Gasteiger partial charge in [0, 0.05) is 28.7 Å². The second-order valence-corrected chi connectivity index (χ2v) is 7.06. The van der Waals surface area contributed by atoms with Crippen LogP contribution >= 0.6 is 0 Å². The number of hydrogen-bond acceptors (Lipinski definition) is 3. The maximum Gasteiger partial charge on any atom is 0.319 e. The lowest BCUT2D eigenvalue weighted by Crippen LogP contribution is -2.28. The quantitative estimate of drug-likeness (QED) is 0.432. The topological polar surface area (TPSA) is 92.2 Å². The summed E-state index contributed by atoms with van der Waals surface area (Å²) >= 11 is 0. The number of amides is 3. The molecule has 4 rings (SSSR count). The van der Waals surface area contributed by atoms with Crippen molar-refractivity contribution in [2.45, 2.75) is 13.5 Å². The Labute approximate surface area is 178 Å². The molecule has 0 aliphatic rings. The van der Waals surface area contributed by atoms with Crippen LogP contribution in [0.25, 0.3) is 21.8 Å². The Bertz CT molecular complexity index is 1280. The van der Waals surface area contributed by atoms with Crippen LogP contribution in [-0.2, 0) is 11.3 Å². The summed E-state index contributed by atoms with van der Waals surface area (Å²) in [5.74, 6) is -0.242. The van der Waals surface area contributed by atoms with E-state index in [0.29, 0.717) is 39.7 Å². The molecule has 3 aromatic carbocycles. The molecule has 0 saturated carbocycles. The lowest BCUT2D eigenvalue weighted by molar-refractivity contribution is -0.116. The number of urea groups is 1. The molecular formula is C24H22N4O3. The summed E-state index contributed by atoms with van der Waals surface area (Å²) in [7, 11) is 0. The summed E-state index contributed by atoms with van der Waals surface area (Å²) in [6.07, 6.45) is 0. The third-order valence-electron chi connectivity index (χ3n) is 4.92. The van der Waals surface area contributed by atoms with Crippen molar-refractivity contribution in [3.63, 3.8) is 0 Å². The third-order valence-corrected chi connectivity index (χ3v) is 4.92. The smallest absolute Gasteiger partial charge is 0.319 e. The van der Waals surface area contributed by atoms with Gasteiger partial charge in [-0.3, -0.25) is 9.59 Å². The highest BCUT2D eigenvalue weighted by Crippen LogP contribution is 2.20. The number of nitrogens with one attached hydrogen (secondary N) is 3. The molecule has 0 aliphatic carbocycles. The first-order chi connectivity index (χ1) is 15.1. The molecule has 0 fully saturated rings. The van der Waals surface area contributed by atoms with Crippen molar-refractivity contribution >= 4 is 45.1 Å². The van der Waals surface area contributed by atoms with Crippen LogP contribution in [0.2, 0.25) is 0 Å². The van der Waals surface area contributed by atoms with Gasteiger partial charge >= 0.3 is 6.03 Å². The number of fused-ring (bicyclic) bond motifs is 2. The molecule has 0 radical (unpaired) electrons. The first-order valence-corrected chi connectivity index (χ1v) is 10.0. The van der Waals surface area contributed by atoms with Crippen molar-refractivity contribution in [1.82, 2.24) is 9.88 Å². The second-order valence-electron chi connectivity index (χ2n) is 7.06. The van der Waals surface area contributed by atoms with Gasteiger partial charge in [-0.2, -0.15) is 0 Å². The molecule has 3 N–H and O–H groups in total. The summed E-state index contributed by atoms with van der Waals surface area (Å²) in [5, 5.41) is 9.39. The van der Waals surface area contributed by atoms with E-state index in [1.807, 2.05) is 47.9 Å². The molecule has 7 nitrogen and oxygen atoms in total. The zero-order valence-electron chi connectivity index (χ0n) is 17.0. The number of anilines is 2. The summed E-state index contributed by atoms with van der Waals surface area (Å²) in [4.78, 5) is 37.4. The van der Waals surface area contributed by atoms with Gasteiger partial charge in [-0.05, 0) is 49.4 Å². The predicted molar refractivity (Wildman–Crippen MR) is 123 cm³/mol. The maximum atomic E-state index is 12.9. The van der Waals surface area contributed by atoms with E-state index in [1.54, 1.807) is 36.4 Å². The lowest BCUT2D eigenvalue weighted by atomic mass is 10.1. The van der Waals surface area contributed by atoms with Crippen LogP contribution in [-0.4, -0.2) is 23.1 Å². The Morgan fingerprint density at radius 2 is 1.39 bits per heavy atom. The van der Waals surface area contributed by atoms with Crippen LogP contribution in [0.5, 0.6) is 0 Å². The van der Waals surface area contributed by atoms with Crippen molar-refractivity contribution in [3.8, 4) is 0 Å². The summed E-state index contributed by atoms with van der Waals surface area (Å²) in [6, 6.07) is 21.2. The van der Waals surface area contributed by atoms with Crippen LogP contribution in [0.4, 0.5) is 16.2 Å². The van der Waals surface area contributed by atoms with Gasteiger partial charge in [-0.25, -0.2) is 4.79 Å². The van der Waals surface area contributed by atoms with Gasteiger partial charge in [0.15, 0.2) is 5.43 Å². The fourth-order valence-electron chi connectivity index (χ4n) is 3.60. The molecule has 0 saturated heterocycles. The van der Waals surface area contributed by atoms with E-state index in [4.69, 9.17) is 0 Å². The van der Waals surface area contributed by atoms with Crippen molar-refractivity contribution in [2.24, 2.45) is 0 Å². The number of hydrogen-bond donors (Lipinski definition) is 3. The molecule has 0 atom stereocenters. The van der Waals surface area contributed by atoms with Crippen LogP contribution in [0.1, 0.15) is 6.92 Å². The van der Waals surface area contributed by atoms with Gasteiger partial charge in [0.05, 0.1) is 11.0 Å². The number of pyridine rings is 1. The number of rotatable bonds is 5. The van der Waals surface area contributed by atoms with E-state index in [0.717, 1.165) is 0 Å². The Morgan fingerprint density at radius 3 is 2.00 bits per heavy atom. The van der Waals surface area contributed by atoms with Crippen molar-refractivity contribution in [1.29, 1.82) is 0 Å². The molecule has 1 heterocycles. The Hall–Kier alpha value is -4.13. The molecular weight excluding hydrogens is 392 g/mol. The fourth-order valence-corrected chi connectivity index (χ4v) is 3.60. The SMILES string of the molecule is CCNC(=O)Nc1cccc(NC(=O)Cn2c3ccccc3c(=O)c3ccccc32)c1. The third kappa shape index (κ3) is 4.25. The predicted octanol–water partition coefficient (Wildman–Crippen LogP) is 3.93. The molecule has 3 amide bonds. The van der Waals surface area contributed by atoms with Gasteiger partial charge in [0.2, 0.25) is 5.91 Å². The van der Waals surface area contributed by atoms with E-state index >= 15 is 0 Å². The number of benzene rings is 3. The summed E-state index contributed by atoms with van der Waals surface area (Å²) in [5.41, 5.74) is 2.49. The van der Waals surface area contributed by atoms with Crippen LogP contribution in [0.15, 0.2) is 77.6 Å². The van der Waals surface area contributed by atoms with Crippen molar-refractivity contribution in [3.05, 3.63) is 83.0 Å². The second kappa shape index (κ2) is 8.71. The highest BCUT2D eigenvalue weighted by Gasteiger charge is 2.13. The Morgan fingerprint density at radius 1 is 0.806 bits per heavy atom. The first kappa shape index (κ1) is 20.2. The molecule has 4 aromatic rings. The monoisotopic (exact) mass is 414 g/mol. The minimum absolute atomic E-state index is 0.0370. The Kier molecular flexibility index (Phi) is 5.66. The zero-order valence-corrected chi connectivity index (χ0v) is 17.0. The highest BCUT2D eigenvalue weighted by atomic mass is 16.2. The van der Waals surface area contributed by atoms with E-state index in [2.05, 4.69) is 16.0 Å². The van der Waals surface area contributed by atoms with Gasteiger partial charge in [-0.15, -0.1) is 0 Å². The van der Waals surface area contributed by atoms with Crippen LogP contribution in [0.3, 0.4) is 0 Å². The van der Waals surface area contributed by atoms with Gasteiger partial charge in [-0.1, -0.05) is 30.3 Å². The minimum Gasteiger partial charge on any atom is -0.338 e. The number of nitrogens with zero attached hydrogens (tertiary/aromatic N) is 1. The molecule has 0 aliphatic heterocycles. The van der Waals surface area contributed by atoms with Crippen molar-refractivity contribution in [2.75, 3.05) is 17.2 Å². The zero-order chi connectivity index (χ0) is 21.8.